The van der Waals surface area contributed by atoms with Gasteiger partial charge in [0.1, 0.15) is 0 Å². The van der Waals surface area contributed by atoms with Gasteiger partial charge in [0.15, 0.2) is 0 Å². The van der Waals surface area contributed by atoms with E-state index in [0.29, 0.717) is 6.04 Å². The number of rotatable bonds is 4. The maximum absolute atomic E-state index is 9.59. The molecule has 100 valence electrons. The van der Waals surface area contributed by atoms with E-state index in [1.807, 2.05) is 19.3 Å². The van der Waals surface area contributed by atoms with Gasteiger partial charge < -0.3 is 5.11 Å². The summed E-state index contributed by atoms with van der Waals surface area (Å²) in [5.41, 5.74) is 2.50. The molecule has 3 nitrogen and oxygen atoms in total. The molecule has 0 amide bonds. The lowest BCUT2D eigenvalue weighted by atomic mass is 9.96. The van der Waals surface area contributed by atoms with Crippen molar-refractivity contribution in [3.05, 3.63) is 29.6 Å². The molecule has 0 radical (unpaired) electrons. The van der Waals surface area contributed by atoms with Crippen molar-refractivity contribution in [2.45, 2.75) is 58.2 Å². The van der Waals surface area contributed by atoms with Crippen LogP contribution in [-0.4, -0.2) is 33.7 Å². The predicted molar refractivity (Wildman–Crippen MR) is 73.3 cm³/mol. The molecule has 2 atom stereocenters. The summed E-state index contributed by atoms with van der Waals surface area (Å²) in [6.45, 7) is 6.08. The molecule has 18 heavy (non-hydrogen) atoms. The van der Waals surface area contributed by atoms with Gasteiger partial charge in [0.05, 0.1) is 6.10 Å². The standard InChI is InChI=1S/C15H24N2O/c1-12-7-14(10-16-9-12)11-17-6-4-3-5-15(17)8-13(2)18/h7,9-10,13,15,18H,3-6,8,11H2,1-2H3. The first-order chi connectivity index (χ1) is 8.65. The minimum absolute atomic E-state index is 0.203. The van der Waals surface area contributed by atoms with Crippen molar-refractivity contribution in [1.82, 2.24) is 9.88 Å². The number of hydrogen-bond donors (Lipinski definition) is 1. The van der Waals surface area contributed by atoms with Crippen molar-refractivity contribution >= 4 is 0 Å². The Bertz CT molecular complexity index is 379. The largest absolute Gasteiger partial charge is 0.393 e. The molecule has 1 aliphatic rings. The highest BCUT2D eigenvalue weighted by molar-refractivity contribution is 5.16. The maximum atomic E-state index is 9.59. The van der Waals surface area contributed by atoms with Crippen LogP contribution in [0.2, 0.25) is 0 Å². The van der Waals surface area contributed by atoms with Crippen LogP contribution in [0.15, 0.2) is 18.5 Å². The van der Waals surface area contributed by atoms with Gasteiger partial charge >= 0.3 is 0 Å². The Morgan fingerprint density at radius 3 is 3.00 bits per heavy atom. The molecule has 3 heteroatoms. The third-order valence-corrected chi connectivity index (χ3v) is 3.68. The Balaban J connectivity index is 2.00. The molecule has 2 rings (SSSR count). The fourth-order valence-corrected chi connectivity index (χ4v) is 2.87. The summed E-state index contributed by atoms with van der Waals surface area (Å²) in [5.74, 6) is 0. The summed E-state index contributed by atoms with van der Waals surface area (Å²) < 4.78 is 0. The first-order valence-electron chi connectivity index (χ1n) is 6.98. The van der Waals surface area contributed by atoms with E-state index in [1.54, 1.807) is 0 Å². The third kappa shape index (κ3) is 3.79. The third-order valence-electron chi connectivity index (χ3n) is 3.68. The van der Waals surface area contributed by atoms with E-state index in [1.165, 1.54) is 30.4 Å². The summed E-state index contributed by atoms with van der Waals surface area (Å²) in [6, 6.07) is 2.74. The van der Waals surface area contributed by atoms with E-state index in [-0.39, 0.29) is 6.10 Å². The molecule has 1 aromatic rings. The van der Waals surface area contributed by atoms with Crippen LogP contribution in [-0.2, 0) is 6.54 Å². The molecule has 0 spiro atoms. The van der Waals surface area contributed by atoms with Gasteiger partial charge in [0.2, 0.25) is 0 Å². The van der Waals surface area contributed by atoms with Gasteiger partial charge in [0.25, 0.3) is 0 Å². The second kappa shape index (κ2) is 6.30. The average Bonchev–Trinajstić information content (AvgIpc) is 2.31. The van der Waals surface area contributed by atoms with Gasteiger partial charge in [-0.2, -0.15) is 0 Å². The monoisotopic (exact) mass is 248 g/mol. The summed E-state index contributed by atoms with van der Waals surface area (Å²) in [6.07, 6.45) is 8.32. The normalized spacial score (nSPS) is 22.9. The fraction of sp³-hybridized carbons (Fsp3) is 0.667. The maximum Gasteiger partial charge on any atom is 0.0527 e. The van der Waals surface area contributed by atoms with Crippen molar-refractivity contribution in [2.75, 3.05) is 6.54 Å². The molecule has 0 bridgehead atoms. The summed E-state index contributed by atoms with van der Waals surface area (Å²) in [4.78, 5) is 6.77. The van der Waals surface area contributed by atoms with Crippen molar-refractivity contribution in [2.24, 2.45) is 0 Å². The number of piperidine rings is 1. The molecular formula is C15H24N2O. The van der Waals surface area contributed by atoms with Gasteiger partial charge in [-0.05, 0) is 50.8 Å². The Labute approximate surface area is 110 Å². The summed E-state index contributed by atoms with van der Waals surface area (Å²) in [7, 11) is 0. The van der Waals surface area contributed by atoms with Crippen molar-refractivity contribution in [3.8, 4) is 0 Å². The zero-order chi connectivity index (χ0) is 13.0. The molecule has 1 saturated heterocycles. The van der Waals surface area contributed by atoms with Gasteiger partial charge in [-0.15, -0.1) is 0 Å². The Morgan fingerprint density at radius 2 is 2.28 bits per heavy atom. The van der Waals surface area contributed by atoms with Crippen LogP contribution in [0, 0.1) is 6.92 Å². The summed E-state index contributed by atoms with van der Waals surface area (Å²) >= 11 is 0. The molecule has 0 aromatic carbocycles. The number of likely N-dealkylation sites (tertiary alicyclic amines) is 1. The minimum atomic E-state index is -0.203. The molecule has 1 aromatic heterocycles. The second-order valence-electron chi connectivity index (χ2n) is 5.58. The molecule has 2 heterocycles. The lowest BCUT2D eigenvalue weighted by molar-refractivity contribution is 0.0817. The SMILES string of the molecule is Cc1cncc(CN2CCCCC2CC(C)O)c1. The average molecular weight is 248 g/mol. The van der Waals surface area contributed by atoms with Crippen molar-refractivity contribution in [3.63, 3.8) is 0 Å². The van der Waals surface area contributed by atoms with E-state index >= 15 is 0 Å². The molecule has 0 saturated carbocycles. The fourth-order valence-electron chi connectivity index (χ4n) is 2.87. The van der Waals surface area contributed by atoms with Gasteiger partial charge in [-0.1, -0.05) is 12.5 Å². The van der Waals surface area contributed by atoms with Gasteiger partial charge in [-0.25, -0.2) is 0 Å². The van der Waals surface area contributed by atoms with Crippen molar-refractivity contribution < 1.29 is 5.11 Å². The number of nitrogens with zero attached hydrogens (tertiary/aromatic N) is 2. The Morgan fingerprint density at radius 1 is 1.44 bits per heavy atom. The zero-order valence-corrected chi connectivity index (χ0v) is 11.5. The number of aliphatic hydroxyl groups is 1. The van der Waals surface area contributed by atoms with Gasteiger partial charge in [-0.3, -0.25) is 9.88 Å². The highest BCUT2D eigenvalue weighted by Gasteiger charge is 2.23. The lowest BCUT2D eigenvalue weighted by Crippen LogP contribution is -2.40. The second-order valence-corrected chi connectivity index (χ2v) is 5.58. The lowest BCUT2D eigenvalue weighted by Gasteiger charge is -2.36. The van der Waals surface area contributed by atoms with E-state index in [0.717, 1.165) is 19.5 Å². The van der Waals surface area contributed by atoms with Crippen LogP contribution in [0.5, 0.6) is 0 Å². The number of aromatic nitrogens is 1. The number of hydrogen-bond acceptors (Lipinski definition) is 3. The highest BCUT2D eigenvalue weighted by atomic mass is 16.3. The topological polar surface area (TPSA) is 36.4 Å². The number of aliphatic hydroxyl groups excluding tert-OH is 1. The van der Waals surface area contributed by atoms with Crippen LogP contribution in [0.4, 0.5) is 0 Å². The Hall–Kier alpha value is -0.930. The van der Waals surface area contributed by atoms with Gasteiger partial charge in [0, 0.05) is 25.0 Å². The molecule has 1 fully saturated rings. The quantitative estimate of drug-likeness (QED) is 0.889. The zero-order valence-electron chi connectivity index (χ0n) is 11.5. The van der Waals surface area contributed by atoms with Crippen LogP contribution < -0.4 is 0 Å². The highest BCUT2D eigenvalue weighted by Crippen LogP contribution is 2.23. The van der Waals surface area contributed by atoms with Crippen LogP contribution in [0.1, 0.15) is 43.7 Å². The van der Waals surface area contributed by atoms with E-state index in [2.05, 4.69) is 22.9 Å². The predicted octanol–water partition coefficient (Wildman–Crippen LogP) is 2.52. The smallest absolute Gasteiger partial charge is 0.0527 e. The van der Waals surface area contributed by atoms with Crippen LogP contribution in [0.25, 0.3) is 0 Å². The molecule has 1 aliphatic heterocycles. The first-order valence-corrected chi connectivity index (χ1v) is 6.98. The van der Waals surface area contributed by atoms with Crippen LogP contribution in [0.3, 0.4) is 0 Å². The van der Waals surface area contributed by atoms with Crippen LogP contribution >= 0.6 is 0 Å². The summed E-state index contributed by atoms with van der Waals surface area (Å²) in [5, 5.41) is 9.59. The number of pyridine rings is 1. The molecule has 2 unspecified atom stereocenters. The molecule has 1 N–H and O–H groups in total. The molecule has 0 aliphatic carbocycles. The first kappa shape index (κ1) is 13.5. The van der Waals surface area contributed by atoms with E-state index < -0.39 is 0 Å². The number of aryl methyl sites for hydroxylation is 1. The van der Waals surface area contributed by atoms with E-state index in [9.17, 15) is 5.11 Å². The Kier molecular flexibility index (Phi) is 4.72. The minimum Gasteiger partial charge on any atom is -0.393 e. The van der Waals surface area contributed by atoms with Crippen molar-refractivity contribution in [1.29, 1.82) is 0 Å². The van der Waals surface area contributed by atoms with E-state index in [4.69, 9.17) is 0 Å². The molecular weight excluding hydrogens is 224 g/mol.